The fraction of sp³-hybridized carbons (Fsp3) is 0.765. The van der Waals surface area contributed by atoms with Gasteiger partial charge >= 0.3 is 0 Å². The number of nitrogens with zero attached hydrogens (tertiary/aromatic N) is 3. The van der Waals surface area contributed by atoms with Crippen molar-refractivity contribution in [2.24, 2.45) is 5.92 Å². The Bertz CT molecular complexity index is 506. The summed E-state index contributed by atoms with van der Waals surface area (Å²) in [5.41, 5.74) is -0.0205. The van der Waals surface area contributed by atoms with Gasteiger partial charge in [-0.1, -0.05) is 33.6 Å². The predicted octanol–water partition coefficient (Wildman–Crippen LogP) is 3.58. The molecule has 1 aromatic rings. The molecule has 2 atom stereocenters. The van der Waals surface area contributed by atoms with Crippen LogP contribution in [0.15, 0.2) is 6.07 Å². The van der Waals surface area contributed by atoms with Crippen LogP contribution in [0, 0.1) is 5.92 Å². The van der Waals surface area contributed by atoms with Crippen LogP contribution >= 0.6 is 0 Å². The number of nitrogens with one attached hydrogen (secondary N) is 1. The predicted molar refractivity (Wildman–Crippen MR) is 88.0 cm³/mol. The van der Waals surface area contributed by atoms with E-state index in [2.05, 4.69) is 42.0 Å². The molecule has 2 heterocycles. The molecule has 3 rings (SSSR count). The first-order chi connectivity index (χ1) is 9.99. The van der Waals surface area contributed by atoms with E-state index in [0.29, 0.717) is 6.04 Å². The van der Waals surface area contributed by atoms with Gasteiger partial charge in [-0.3, -0.25) is 0 Å². The lowest BCUT2D eigenvalue weighted by molar-refractivity contribution is 0.341. The quantitative estimate of drug-likeness (QED) is 0.903. The summed E-state index contributed by atoms with van der Waals surface area (Å²) < 4.78 is 0. The van der Waals surface area contributed by atoms with Gasteiger partial charge in [0.25, 0.3) is 0 Å². The Hall–Kier alpha value is -1.32. The number of aromatic nitrogens is 2. The Morgan fingerprint density at radius 2 is 1.90 bits per heavy atom. The van der Waals surface area contributed by atoms with Crippen molar-refractivity contribution in [1.82, 2.24) is 9.97 Å². The molecular weight excluding hydrogens is 260 g/mol. The highest BCUT2D eigenvalue weighted by atomic mass is 15.3. The Morgan fingerprint density at radius 3 is 2.62 bits per heavy atom. The molecule has 1 aliphatic carbocycles. The average molecular weight is 288 g/mol. The van der Waals surface area contributed by atoms with Gasteiger partial charge in [-0.05, 0) is 25.2 Å². The van der Waals surface area contributed by atoms with Crippen molar-refractivity contribution < 1.29 is 0 Å². The summed E-state index contributed by atoms with van der Waals surface area (Å²) in [4.78, 5) is 12.1. The van der Waals surface area contributed by atoms with Gasteiger partial charge in [0.15, 0.2) is 0 Å². The third-order valence-electron chi connectivity index (χ3n) is 4.94. The second-order valence-corrected chi connectivity index (χ2v) is 7.53. The van der Waals surface area contributed by atoms with Crippen molar-refractivity contribution in [1.29, 1.82) is 0 Å². The molecule has 0 aromatic carbocycles. The zero-order valence-corrected chi connectivity index (χ0v) is 13.8. The monoisotopic (exact) mass is 288 g/mol. The first-order valence-corrected chi connectivity index (χ1v) is 8.33. The summed E-state index contributed by atoms with van der Waals surface area (Å²) in [6, 6.07) is 2.82. The third kappa shape index (κ3) is 2.85. The molecule has 2 aliphatic rings. The minimum Gasteiger partial charge on any atom is -0.373 e. The minimum atomic E-state index is -0.0205. The van der Waals surface area contributed by atoms with Crippen LogP contribution in [-0.2, 0) is 5.41 Å². The molecule has 1 aliphatic heterocycles. The molecule has 1 saturated heterocycles. The van der Waals surface area contributed by atoms with Crippen LogP contribution in [0.2, 0.25) is 0 Å². The highest BCUT2D eigenvalue weighted by molar-refractivity contribution is 5.51. The van der Waals surface area contributed by atoms with Crippen LogP contribution in [0.25, 0.3) is 0 Å². The SMILES string of the molecule is CNc1cc(N2CCC3CCCCC32)nc(C(C)(C)C)n1. The third-order valence-corrected chi connectivity index (χ3v) is 4.94. The number of fused-ring (bicyclic) bond motifs is 1. The van der Waals surface area contributed by atoms with Gasteiger partial charge in [0.2, 0.25) is 0 Å². The van der Waals surface area contributed by atoms with Crippen molar-refractivity contribution in [2.45, 2.75) is 64.3 Å². The number of anilines is 2. The van der Waals surface area contributed by atoms with Gasteiger partial charge in [0.1, 0.15) is 17.5 Å². The molecule has 0 amide bonds. The molecule has 4 heteroatoms. The lowest BCUT2D eigenvalue weighted by atomic mass is 9.85. The van der Waals surface area contributed by atoms with Crippen LogP contribution in [-0.4, -0.2) is 29.6 Å². The van der Waals surface area contributed by atoms with E-state index in [-0.39, 0.29) is 5.41 Å². The number of rotatable bonds is 2. The van der Waals surface area contributed by atoms with E-state index in [1.807, 2.05) is 7.05 Å². The summed E-state index contributed by atoms with van der Waals surface area (Å²) in [6.45, 7) is 7.69. The molecule has 0 bridgehead atoms. The first kappa shape index (κ1) is 14.6. The van der Waals surface area contributed by atoms with Crippen molar-refractivity contribution in [3.05, 3.63) is 11.9 Å². The fourth-order valence-electron chi connectivity index (χ4n) is 3.74. The normalized spacial score (nSPS) is 25.8. The highest BCUT2D eigenvalue weighted by Crippen LogP contribution is 2.39. The second kappa shape index (κ2) is 5.47. The van der Waals surface area contributed by atoms with Crippen molar-refractivity contribution in [3.63, 3.8) is 0 Å². The molecule has 21 heavy (non-hydrogen) atoms. The average Bonchev–Trinajstić information content (AvgIpc) is 2.89. The number of hydrogen-bond acceptors (Lipinski definition) is 4. The van der Waals surface area contributed by atoms with E-state index < -0.39 is 0 Å². The second-order valence-electron chi connectivity index (χ2n) is 7.53. The maximum Gasteiger partial charge on any atom is 0.138 e. The summed E-state index contributed by atoms with van der Waals surface area (Å²) in [5.74, 6) is 3.87. The molecule has 1 N–H and O–H groups in total. The van der Waals surface area contributed by atoms with Gasteiger partial charge in [-0.15, -0.1) is 0 Å². The van der Waals surface area contributed by atoms with E-state index >= 15 is 0 Å². The van der Waals surface area contributed by atoms with Crippen LogP contribution in [0.4, 0.5) is 11.6 Å². The van der Waals surface area contributed by atoms with Gasteiger partial charge in [0, 0.05) is 31.1 Å². The molecule has 1 aromatic heterocycles. The number of hydrogen-bond donors (Lipinski definition) is 1. The van der Waals surface area contributed by atoms with E-state index in [1.54, 1.807) is 0 Å². The molecule has 2 unspecified atom stereocenters. The van der Waals surface area contributed by atoms with E-state index in [1.165, 1.54) is 32.1 Å². The zero-order valence-electron chi connectivity index (χ0n) is 13.8. The van der Waals surface area contributed by atoms with Gasteiger partial charge < -0.3 is 10.2 Å². The van der Waals surface area contributed by atoms with Gasteiger partial charge in [-0.2, -0.15) is 0 Å². The maximum absolute atomic E-state index is 4.90. The summed E-state index contributed by atoms with van der Waals surface area (Å²) in [6.07, 6.45) is 6.83. The van der Waals surface area contributed by atoms with Crippen LogP contribution in [0.3, 0.4) is 0 Å². The van der Waals surface area contributed by atoms with Gasteiger partial charge in [0.05, 0.1) is 0 Å². The highest BCUT2D eigenvalue weighted by Gasteiger charge is 2.36. The summed E-state index contributed by atoms with van der Waals surface area (Å²) in [5, 5.41) is 3.20. The Morgan fingerprint density at radius 1 is 1.14 bits per heavy atom. The maximum atomic E-state index is 4.90. The molecule has 4 nitrogen and oxygen atoms in total. The van der Waals surface area contributed by atoms with E-state index in [0.717, 1.165) is 29.9 Å². The van der Waals surface area contributed by atoms with Crippen LogP contribution in [0.5, 0.6) is 0 Å². The minimum absolute atomic E-state index is 0.0205. The zero-order chi connectivity index (χ0) is 15.0. The fourth-order valence-corrected chi connectivity index (χ4v) is 3.74. The Labute approximate surface area is 128 Å². The molecule has 0 spiro atoms. The summed E-state index contributed by atoms with van der Waals surface area (Å²) in [7, 11) is 1.94. The molecule has 1 saturated carbocycles. The van der Waals surface area contributed by atoms with E-state index in [4.69, 9.17) is 4.98 Å². The molecular formula is C17H28N4. The van der Waals surface area contributed by atoms with Gasteiger partial charge in [-0.25, -0.2) is 9.97 Å². The van der Waals surface area contributed by atoms with Crippen molar-refractivity contribution in [2.75, 3.05) is 23.8 Å². The lowest BCUT2D eigenvalue weighted by Gasteiger charge is -2.33. The smallest absolute Gasteiger partial charge is 0.138 e. The standard InChI is InChI=1S/C17H28N4/c1-17(2,3)16-19-14(18-4)11-15(20-16)21-10-9-12-7-5-6-8-13(12)21/h11-13H,5-10H2,1-4H3,(H,18,19,20). The largest absolute Gasteiger partial charge is 0.373 e. The van der Waals surface area contributed by atoms with Crippen molar-refractivity contribution >= 4 is 11.6 Å². The molecule has 116 valence electrons. The molecule has 2 fully saturated rings. The van der Waals surface area contributed by atoms with E-state index in [9.17, 15) is 0 Å². The molecule has 0 radical (unpaired) electrons. The first-order valence-electron chi connectivity index (χ1n) is 8.33. The van der Waals surface area contributed by atoms with Crippen LogP contribution in [0.1, 0.15) is 58.7 Å². The summed E-state index contributed by atoms with van der Waals surface area (Å²) >= 11 is 0. The Balaban J connectivity index is 1.94. The van der Waals surface area contributed by atoms with Crippen LogP contribution < -0.4 is 10.2 Å². The lowest BCUT2D eigenvalue weighted by Crippen LogP contribution is -2.35. The Kier molecular flexibility index (Phi) is 3.80. The topological polar surface area (TPSA) is 41.0 Å². The van der Waals surface area contributed by atoms with Crippen molar-refractivity contribution in [3.8, 4) is 0 Å².